The Morgan fingerprint density at radius 1 is 1.04 bits per heavy atom. The fourth-order valence-electron chi connectivity index (χ4n) is 5.25. The van der Waals surface area contributed by atoms with Gasteiger partial charge in [0.1, 0.15) is 11.5 Å². The molecule has 1 aliphatic heterocycles. The maximum Gasteiger partial charge on any atom is 0.338 e. The molecule has 0 aliphatic carbocycles. The van der Waals surface area contributed by atoms with Crippen LogP contribution in [0.25, 0.3) is 23.1 Å². The van der Waals surface area contributed by atoms with Crippen LogP contribution < -0.4 is 14.9 Å². The molecule has 2 aromatic heterocycles. The van der Waals surface area contributed by atoms with Crippen molar-refractivity contribution in [3.63, 3.8) is 0 Å². The molecule has 0 radical (unpaired) electrons. The Morgan fingerprint density at radius 3 is 2.50 bits per heavy atom. The molecule has 46 heavy (non-hydrogen) atoms. The van der Waals surface area contributed by atoms with Crippen LogP contribution >= 0.6 is 34.7 Å². The zero-order chi connectivity index (χ0) is 32.4. The van der Waals surface area contributed by atoms with Gasteiger partial charge in [0.2, 0.25) is 0 Å². The number of rotatable bonds is 8. The highest BCUT2D eigenvalue weighted by molar-refractivity contribution is 7.98. The van der Waals surface area contributed by atoms with Gasteiger partial charge < -0.3 is 13.9 Å². The molecule has 1 aliphatic rings. The molecule has 0 saturated carbocycles. The van der Waals surface area contributed by atoms with Crippen LogP contribution in [0.1, 0.15) is 40.2 Å². The molecule has 6 rings (SSSR count). The van der Waals surface area contributed by atoms with Crippen molar-refractivity contribution in [3.05, 3.63) is 138 Å². The summed E-state index contributed by atoms with van der Waals surface area (Å²) in [6.45, 7) is 1.91. The minimum absolute atomic E-state index is 0.165. The summed E-state index contributed by atoms with van der Waals surface area (Å²) in [4.78, 5) is 46.6. The molecular weight excluding hydrogens is 644 g/mol. The van der Waals surface area contributed by atoms with Gasteiger partial charge in [-0.05, 0) is 61.2 Å². The number of benzene rings is 3. The van der Waals surface area contributed by atoms with Gasteiger partial charge in [-0.15, -0.1) is 11.8 Å². The number of methoxy groups -OCH3 is 1. The molecule has 5 aromatic rings. The summed E-state index contributed by atoms with van der Waals surface area (Å²) in [5, 5.41) is 0.422. The van der Waals surface area contributed by atoms with E-state index in [1.54, 1.807) is 59.7 Å². The number of carbonyl (C=O) groups is 2. The summed E-state index contributed by atoms with van der Waals surface area (Å²) in [7, 11) is 1.30. The number of nitrogens with zero attached hydrogens (tertiary/aromatic N) is 2. The topological polar surface area (TPSA) is 100 Å². The molecule has 0 N–H and O–H groups in total. The van der Waals surface area contributed by atoms with Gasteiger partial charge in [0, 0.05) is 27.1 Å². The normalized spacial score (nSPS) is 14.5. The van der Waals surface area contributed by atoms with Crippen LogP contribution in [0.2, 0.25) is 5.02 Å². The first-order valence-electron chi connectivity index (χ1n) is 14.2. The second-order valence-corrected chi connectivity index (χ2v) is 12.4. The van der Waals surface area contributed by atoms with Crippen LogP contribution in [0.5, 0.6) is 0 Å². The highest BCUT2D eigenvalue weighted by Crippen LogP contribution is 2.36. The van der Waals surface area contributed by atoms with Gasteiger partial charge in [-0.3, -0.25) is 9.36 Å². The fourth-order valence-corrected chi connectivity index (χ4v) is 6.82. The largest absolute Gasteiger partial charge is 0.465 e. The molecule has 3 aromatic carbocycles. The quantitative estimate of drug-likeness (QED) is 0.140. The smallest absolute Gasteiger partial charge is 0.338 e. The van der Waals surface area contributed by atoms with Crippen LogP contribution in [0.15, 0.2) is 110 Å². The SMILES string of the molecule is CCOC(=O)C1=C(c2ccccc2)N=c2s/c(=C/c3ccc(-c4cc(Cl)ccc4C(=O)OC)o3)c(=O)n2[C@H]1c1ccc(SC)cc1. The average Bonchev–Trinajstić information content (AvgIpc) is 3.68. The molecule has 0 saturated heterocycles. The molecule has 0 bridgehead atoms. The molecule has 1 atom stereocenters. The van der Waals surface area contributed by atoms with Gasteiger partial charge in [0.25, 0.3) is 5.56 Å². The van der Waals surface area contributed by atoms with E-state index >= 15 is 0 Å². The molecule has 0 fully saturated rings. The van der Waals surface area contributed by atoms with E-state index in [1.165, 1.54) is 18.4 Å². The third-order valence-electron chi connectivity index (χ3n) is 7.36. The standard InChI is InChI=1S/C35H27ClN2O6S2/c1-4-43-34(41)29-30(20-8-6-5-7-9-20)37-35-38(31(29)21-10-14-24(45-3)15-11-21)32(39)28(46-35)19-23-13-17-27(44-23)26-18-22(36)12-16-25(26)33(40)42-2/h5-19,31H,4H2,1-3H3/b28-19+/t31-/m0/s1. The number of esters is 2. The zero-order valence-corrected chi connectivity index (χ0v) is 27.4. The van der Waals surface area contributed by atoms with Crippen molar-refractivity contribution in [2.24, 2.45) is 4.99 Å². The van der Waals surface area contributed by atoms with Crippen LogP contribution in [0.3, 0.4) is 0 Å². The second-order valence-electron chi connectivity index (χ2n) is 10.1. The van der Waals surface area contributed by atoms with Gasteiger partial charge in [-0.1, -0.05) is 65.4 Å². The Labute approximate surface area is 277 Å². The van der Waals surface area contributed by atoms with E-state index < -0.39 is 18.0 Å². The van der Waals surface area contributed by atoms with E-state index in [2.05, 4.69) is 0 Å². The third kappa shape index (κ3) is 5.99. The number of furan rings is 1. The maximum absolute atomic E-state index is 14.2. The van der Waals surface area contributed by atoms with Crippen molar-refractivity contribution < 1.29 is 23.5 Å². The number of carbonyl (C=O) groups excluding carboxylic acids is 2. The Morgan fingerprint density at radius 2 is 1.80 bits per heavy atom. The fraction of sp³-hybridized carbons (Fsp3) is 0.143. The van der Waals surface area contributed by atoms with Gasteiger partial charge in [-0.2, -0.15) is 0 Å². The summed E-state index contributed by atoms with van der Waals surface area (Å²) in [5.74, 6) is -0.318. The molecule has 0 amide bonds. The van der Waals surface area contributed by atoms with Crippen molar-refractivity contribution in [1.82, 2.24) is 4.57 Å². The lowest BCUT2D eigenvalue weighted by Gasteiger charge is -2.26. The maximum atomic E-state index is 14.2. The van der Waals surface area contributed by atoms with E-state index in [4.69, 9.17) is 30.5 Å². The third-order valence-corrected chi connectivity index (χ3v) is 9.32. The van der Waals surface area contributed by atoms with Crippen molar-refractivity contribution in [2.45, 2.75) is 17.9 Å². The summed E-state index contributed by atoms with van der Waals surface area (Å²) in [6, 6.07) is 24.6. The predicted octanol–water partition coefficient (Wildman–Crippen LogP) is 6.36. The highest BCUT2D eigenvalue weighted by atomic mass is 35.5. The van der Waals surface area contributed by atoms with Gasteiger partial charge >= 0.3 is 11.9 Å². The number of fused-ring (bicyclic) bond motifs is 1. The summed E-state index contributed by atoms with van der Waals surface area (Å²) < 4.78 is 18.4. The lowest BCUT2D eigenvalue weighted by Crippen LogP contribution is -2.40. The first kappa shape index (κ1) is 31.3. The number of halogens is 1. The van der Waals surface area contributed by atoms with Crippen LogP contribution in [0.4, 0.5) is 0 Å². The molecular formula is C35H27ClN2O6S2. The van der Waals surface area contributed by atoms with E-state index in [9.17, 15) is 14.4 Å². The van der Waals surface area contributed by atoms with E-state index in [0.717, 1.165) is 16.0 Å². The van der Waals surface area contributed by atoms with Gasteiger partial charge in [0.05, 0.1) is 41.1 Å². The molecule has 8 nitrogen and oxygen atoms in total. The summed E-state index contributed by atoms with van der Waals surface area (Å²) in [5.41, 5.74) is 2.61. The number of thioether (sulfide) groups is 1. The van der Waals surface area contributed by atoms with E-state index in [1.807, 2.05) is 60.9 Å². The van der Waals surface area contributed by atoms with Crippen LogP contribution in [0, 0.1) is 0 Å². The number of hydrogen-bond acceptors (Lipinski definition) is 9. The van der Waals surface area contributed by atoms with Crippen LogP contribution in [-0.2, 0) is 14.3 Å². The predicted molar refractivity (Wildman–Crippen MR) is 180 cm³/mol. The molecule has 0 unspecified atom stereocenters. The summed E-state index contributed by atoms with van der Waals surface area (Å²) in [6.07, 6.45) is 3.61. The van der Waals surface area contributed by atoms with Crippen molar-refractivity contribution >= 4 is 58.4 Å². The zero-order valence-electron chi connectivity index (χ0n) is 25.0. The molecule has 0 spiro atoms. The van der Waals surface area contributed by atoms with Crippen molar-refractivity contribution in [3.8, 4) is 11.3 Å². The number of thiazole rings is 1. The van der Waals surface area contributed by atoms with E-state index in [0.29, 0.717) is 42.7 Å². The second kappa shape index (κ2) is 13.4. The van der Waals surface area contributed by atoms with Gasteiger partial charge in [-0.25, -0.2) is 14.6 Å². The lowest BCUT2D eigenvalue weighted by molar-refractivity contribution is -0.138. The monoisotopic (exact) mass is 670 g/mol. The average molecular weight is 671 g/mol. The number of hydrogen-bond donors (Lipinski definition) is 0. The Kier molecular flexibility index (Phi) is 9.12. The molecule has 232 valence electrons. The Hall–Kier alpha value is -4.64. The van der Waals surface area contributed by atoms with Crippen LogP contribution in [-0.4, -0.2) is 36.5 Å². The summed E-state index contributed by atoms with van der Waals surface area (Å²) >= 11 is 9.02. The minimum Gasteiger partial charge on any atom is -0.465 e. The van der Waals surface area contributed by atoms with Gasteiger partial charge in [0.15, 0.2) is 4.80 Å². The first-order chi connectivity index (χ1) is 22.3. The molecule has 11 heteroatoms. The number of aromatic nitrogens is 1. The molecule has 3 heterocycles. The van der Waals surface area contributed by atoms with Crippen molar-refractivity contribution in [2.75, 3.05) is 20.0 Å². The Balaban J connectivity index is 1.54. The Bertz CT molecular complexity index is 2160. The highest BCUT2D eigenvalue weighted by Gasteiger charge is 2.35. The minimum atomic E-state index is -0.787. The van der Waals surface area contributed by atoms with E-state index in [-0.39, 0.29) is 17.7 Å². The lowest BCUT2D eigenvalue weighted by atomic mass is 9.93. The van der Waals surface area contributed by atoms with Crippen molar-refractivity contribution in [1.29, 1.82) is 0 Å². The number of ether oxygens (including phenoxy) is 2. The first-order valence-corrected chi connectivity index (χ1v) is 16.6.